The lowest BCUT2D eigenvalue weighted by Gasteiger charge is -2.14. The molecule has 0 bridgehead atoms. The molecule has 5 heteroatoms. The number of esters is 1. The lowest BCUT2D eigenvalue weighted by molar-refractivity contribution is -0.129. The van der Waals surface area contributed by atoms with E-state index in [1.807, 2.05) is 31.2 Å². The van der Waals surface area contributed by atoms with E-state index in [9.17, 15) is 14.7 Å². The number of aryl methyl sites for hydroxylation is 1. The monoisotopic (exact) mass is 389 g/mol. The zero-order valence-electron chi connectivity index (χ0n) is 16.4. The average Bonchev–Trinajstić information content (AvgIpc) is 2.73. The number of benzene rings is 3. The van der Waals surface area contributed by atoms with Crippen molar-refractivity contribution in [1.29, 1.82) is 0 Å². The molecule has 0 radical (unpaired) electrons. The molecule has 0 spiro atoms. The average molecular weight is 389 g/mol. The number of carbonyl (C=O) groups is 2. The first-order chi connectivity index (χ1) is 13.9. The van der Waals surface area contributed by atoms with Gasteiger partial charge in [0.15, 0.2) is 6.10 Å². The normalized spacial score (nSPS) is 11.5. The predicted octanol–water partition coefficient (Wildman–Crippen LogP) is 4.23. The zero-order chi connectivity index (χ0) is 20.8. The van der Waals surface area contributed by atoms with Crippen molar-refractivity contribution in [2.75, 3.05) is 0 Å². The van der Waals surface area contributed by atoms with Gasteiger partial charge in [-0.1, -0.05) is 54.1 Å². The van der Waals surface area contributed by atoms with E-state index >= 15 is 0 Å². The van der Waals surface area contributed by atoms with Crippen LogP contribution in [0.4, 0.5) is 0 Å². The Hall–Kier alpha value is -3.60. The number of phenolic OH excluding ortho intramolecular Hbond substituents is 1. The Morgan fingerprint density at radius 1 is 0.897 bits per heavy atom. The summed E-state index contributed by atoms with van der Waals surface area (Å²) < 4.78 is 5.28. The van der Waals surface area contributed by atoms with E-state index in [4.69, 9.17) is 4.74 Å². The van der Waals surface area contributed by atoms with Crippen molar-refractivity contribution in [2.24, 2.45) is 0 Å². The van der Waals surface area contributed by atoms with Gasteiger partial charge in [0, 0.05) is 6.54 Å². The molecule has 3 aromatic rings. The number of rotatable bonds is 6. The summed E-state index contributed by atoms with van der Waals surface area (Å²) in [6.07, 6.45) is -0.898. The van der Waals surface area contributed by atoms with Crippen LogP contribution in [0.2, 0.25) is 0 Å². The topological polar surface area (TPSA) is 75.6 Å². The van der Waals surface area contributed by atoms with Crippen LogP contribution in [-0.4, -0.2) is 23.1 Å². The van der Waals surface area contributed by atoms with Crippen LogP contribution < -0.4 is 5.32 Å². The van der Waals surface area contributed by atoms with E-state index in [-0.39, 0.29) is 11.7 Å². The van der Waals surface area contributed by atoms with Gasteiger partial charge in [-0.2, -0.15) is 0 Å². The van der Waals surface area contributed by atoms with Gasteiger partial charge in [-0.05, 0) is 54.8 Å². The van der Waals surface area contributed by atoms with Gasteiger partial charge in [-0.25, -0.2) is 4.79 Å². The number of amides is 1. The fourth-order valence-corrected chi connectivity index (χ4v) is 2.77. The van der Waals surface area contributed by atoms with Gasteiger partial charge in [0.05, 0.1) is 5.56 Å². The molecule has 0 saturated heterocycles. The summed E-state index contributed by atoms with van der Waals surface area (Å²) in [7, 11) is 0. The number of hydrogen-bond donors (Lipinski definition) is 2. The molecule has 3 rings (SSSR count). The Bertz CT molecular complexity index is 977. The summed E-state index contributed by atoms with van der Waals surface area (Å²) >= 11 is 0. The van der Waals surface area contributed by atoms with E-state index in [2.05, 4.69) is 5.32 Å². The van der Waals surface area contributed by atoms with Gasteiger partial charge >= 0.3 is 5.97 Å². The second-order valence-electron chi connectivity index (χ2n) is 6.88. The molecule has 0 unspecified atom stereocenters. The van der Waals surface area contributed by atoms with Crippen LogP contribution in [0.15, 0.2) is 72.8 Å². The van der Waals surface area contributed by atoms with Gasteiger partial charge in [-0.3, -0.25) is 4.79 Å². The standard InChI is InChI=1S/C24H23NO4/c1-16-3-5-18(6-4-16)15-25-23(27)17(2)29-24(28)21-9-7-19(8-10-21)20-11-13-22(26)14-12-20/h3-14,17,26H,15H2,1-2H3,(H,25,27)/t17-/m1/s1. The highest BCUT2D eigenvalue weighted by atomic mass is 16.5. The van der Waals surface area contributed by atoms with Crippen LogP contribution >= 0.6 is 0 Å². The number of hydrogen-bond acceptors (Lipinski definition) is 4. The zero-order valence-corrected chi connectivity index (χ0v) is 16.4. The molecule has 0 saturated carbocycles. The van der Waals surface area contributed by atoms with Crippen LogP contribution in [0.3, 0.4) is 0 Å². The summed E-state index contributed by atoms with van der Waals surface area (Å²) in [5.74, 6) is -0.705. The lowest BCUT2D eigenvalue weighted by atomic mass is 10.0. The first kappa shape index (κ1) is 20.1. The highest BCUT2D eigenvalue weighted by molar-refractivity contribution is 5.92. The maximum Gasteiger partial charge on any atom is 0.338 e. The Kier molecular flexibility index (Phi) is 6.29. The summed E-state index contributed by atoms with van der Waals surface area (Å²) in [6, 6.07) is 21.6. The van der Waals surface area contributed by atoms with Crippen LogP contribution in [0.25, 0.3) is 11.1 Å². The molecule has 1 atom stereocenters. The second kappa shape index (κ2) is 9.06. The molecule has 5 nitrogen and oxygen atoms in total. The van der Waals surface area contributed by atoms with Crippen molar-refractivity contribution in [1.82, 2.24) is 5.32 Å². The van der Waals surface area contributed by atoms with Gasteiger partial charge < -0.3 is 15.2 Å². The third-order valence-corrected chi connectivity index (χ3v) is 4.56. The molecular weight excluding hydrogens is 366 g/mol. The van der Waals surface area contributed by atoms with Crippen LogP contribution in [0.5, 0.6) is 5.75 Å². The van der Waals surface area contributed by atoms with Gasteiger partial charge in [0.1, 0.15) is 5.75 Å². The van der Waals surface area contributed by atoms with Gasteiger partial charge in [0.2, 0.25) is 0 Å². The highest BCUT2D eigenvalue weighted by Crippen LogP contribution is 2.22. The number of phenols is 1. The molecular formula is C24H23NO4. The summed E-state index contributed by atoms with van der Waals surface area (Å²) in [5.41, 5.74) is 4.33. The molecule has 3 aromatic carbocycles. The minimum Gasteiger partial charge on any atom is -0.508 e. The SMILES string of the molecule is Cc1ccc(CNC(=O)[C@@H](C)OC(=O)c2ccc(-c3ccc(O)cc3)cc2)cc1. The second-order valence-corrected chi connectivity index (χ2v) is 6.88. The van der Waals surface area contributed by atoms with Crippen molar-refractivity contribution >= 4 is 11.9 Å². The Labute approximate surface area is 170 Å². The summed E-state index contributed by atoms with van der Waals surface area (Å²) in [5, 5.41) is 12.1. The maximum atomic E-state index is 12.3. The highest BCUT2D eigenvalue weighted by Gasteiger charge is 2.18. The molecule has 0 aliphatic carbocycles. The van der Waals surface area contributed by atoms with Crippen molar-refractivity contribution in [2.45, 2.75) is 26.5 Å². The molecule has 1 amide bonds. The number of aromatic hydroxyl groups is 1. The first-order valence-corrected chi connectivity index (χ1v) is 9.36. The summed E-state index contributed by atoms with van der Waals surface area (Å²) in [6.45, 7) is 3.93. The lowest BCUT2D eigenvalue weighted by Crippen LogP contribution is -2.35. The van der Waals surface area contributed by atoms with Gasteiger partial charge in [0.25, 0.3) is 5.91 Å². The van der Waals surface area contributed by atoms with E-state index in [0.29, 0.717) is 12.1 Å². The number of ether oxygens (including phenoxy) is 1. The first-order valence-electron chi connectivity index (χ1n) is 9.36. The van der Waals surface area contributed by atoms with E-state index in [0.717, 1.165) is 22.3 Å². The Morgan fingerprint density at radius 3 is 2.03 bits per heavy atom. The molecule has 0 heterocycles. The van der Waals surface area contributed by atoms with Crippen molar-refractivity contribution in [3.63, 3.8) is 0 Å². The van der Waals surface area contributed by atoms with Crippen LogP contribution in [-0.2, 0) is 16.1 Å². The fourth-order valence-electron chi connectivity index (χ4n) is 2.77. The maximum absolute atomic E-state index is 12.3. The molecule has 2 N–H and O–H groups in total. The molecule has 29 heavy (non-hydrogen) atoms. The Morgan fingerprint density at radius 2 is 1.45 bits per heavy atom. The number of nitrogens with one attached hydrogen (secondary N) is 1. The van der Waals surface area contributed by atoms with E-state index in [1.54, 1.807) is 55.5 Å². The van der Waals surface area contributed by atoms with Crippen molar-refractivity contribution in [3.05, 3.63) is 89.5 Å². The van der Waals surface area contributed by atoms with Gasteiger partial charge in [-0.15, -0.1) is 0 Å². The smallest absolute Gasteiger partial charge is 0.338 e. The third kappa shape index (κ3) is 5.45. The van der Waals surface area contributed by atoms with E-state index < -0.39 is 12.1 Å². The van der Waals surface area contributed by atoms with Crippen LogP contribution in [0, 0.1) is 6.92 Å². The molecule has 0 aliphatic rings. The van der Waals surface area contributed by atoms with Crippen molar-refractivity contribution < 1.29 is 19.4 Å². The van der Waals surface area contributed by atoms with E-state index in [1.165, 1.54) is 0 Å². The fraction of sp³-hybridized carbons (Fsp3) is 0.167. The predicted molar refractivity (Wildman–Crippen MR) is 111 cm³/mol. The largest absolute Gasteiger partial charge is 0.508 e. The molecule has 148 valence electrons. The molecule has 0 aliphatic heterocycles. The quantitative estimate of drug-likeness (QED) is 0.619. The number of carbonyl (C=O) groups excluding carboxylic acids is 2. The Balaban J connectivity index is 1.55. The van der Waals surface area contributed by atoms with Crippen molar-refractivity contribution in [3.8, 4) is 16.9 Å². The molecule has 0 aromatic heterocycles. The summed E-state index contributed by atoms with van der Waals surface area (Å²) in [4.78, 5) is 24.5. The minimum atomic E-state index is -0.898. The molecule has 0 fully saturated rings. The minimum absolute atomic E-state index is 0.198. The third-order valence-electron chi connectivity index (χ3n) is 4.56. The van der Waals surface area contributed by atoms with Crippen LogP contribution in [0.1, 0.15) is 28.4 Å².